The topological polar surface area (TPSA) is 1000 Å². The van der Waals surface area contributed by atoms with Gasteiger partial charge >= 0.3 is 93.9 Å². The van der Waals surface area contributed by atoms with Gasteiger partial charge in [-0.25, -0.2) is 94.7 Å². The number of hydrogen-bond donors (Lipinski definition) is 20. The Hall–Kier alpha value is -6.22. The van der Waals surface area contributed by atoms with E-state index < -0.39 is 259 Å². The Morgan fingerprint density at radius 2 is 0.578 bits per heavy atom. The molecule has 147 heavy (non-hydrogen) atoms. The Morgan fingerprint density at radius 1 is 0.320 bits per heavy atom. The molecule has 2 aliphatic carbocycles. The van der Waals surface area contributed by atoms with Crippen LogP contribution < -0.4 is 22.2 Å². The van der Waals surface area contributed by atoms with E-state index in [1.807, 2.05) is 0 Å². The third-order valence-electron chi connectivity index (χ3n) is 22.3. The van der Waals surface area contributed by atoms with Crippen LogP contribution in [0.1, 0.15) is 118 Å². The lowest BCUT2D eigenvalue weighted by atomic mass is 9.94. The summed E-state index contributed by atoms with van der Waals surface area (Å²) in [5, 5.41) is 0. The third kappa shape index (κ3) is 27.5. The highest BCUT2D eigenvalue weighted by atomic mass is 31.3. The summed E-state index contributed by atoms with van der Waals surface area (Å²) in [7, 11) is -66.4. The molecule has 0 bridgehead atoms. The maximum absolute atomic E-state index is 12.3. The molecule has 8 aromatic heterocycles. The van der Waals surface area contributed by atoms with Gasteiger partial charge in [0.05, 0.1) is 51.7 Å². The van der Waals surface area contributed by atoms with Gasteiger partial charge in [0.2, 0.25) is 0 Å². The monoisotopic (exact) mass is 2330 g/mol. The average molecular weight is 2340 g/mol. The molecule has 9 aromatic rings. The highest BCUT2D eigenvalue weighted by Gasteiger charge is 2.64. The molecule has 84 heteroatoms. The van der Waals surface area contributed by atoms with Crippen LogP contribution in [-0.2, 0) is 164 Å². The predicted molar refractivity (Wildman–Crippen MR) is 466 cm³/mol. The van der Waals surface area contributed by atoms with Crippen LogP contribution in [0.5, 0.6) is 0 Å². The van der Waals surface area contributed by atoms with Gasteiger partial charge in [0.1, 0.15) is 103 Å². The molecule has 10 fully saturated rings. The van der Waals surface area contributed by atoms with Crippen molar-refractivity contribution in [1.29, 1.82) is 0 Å². The van der Waals surface area contributed by atoms with Crippen LogP contribution in [0.4, 0.5) is 0 Å². The minimum Gasteiger partial charge on any atom is -0.347 e. The molecule has 13 unspecified atom stereocenters. The van der Waals surface area contributed by atoms with Crippen molar-refractivity contribution in [2.45, 2.75) is 202 Å². The predicted octanol–water partition coefficient (Wildman–Crippen LogP) is 2.40. The third-order valence-corrected chi connectivity index (χ3v) is 37.5. The lowest BCUT2D eigenvalue weighted by Crippen LogP contribution is -2.37. The second kappa shape index (κ2) is 42.8. The van der Waals surface area contributed by atoms with E-state index in [0.29, 0.717) is 54.5 Å². The first kappa shape index (κ1) is 113. The summed E-state index contributed by atoms with van der Waals surface area (Å²) in [4.78, 5) is 238. The summed E-state index contributed by atoms with van der Waals surface area (Å²) in [6.45, 7) is 3.22. The number of hydrogen-bond acceptors (Lipinski definition) is 48. The molecule has 16 heterocycles. The number of nitrogens with zero attached hydrogens (tertiary/aromatic N) is 12. The maximum Gasteiger partial charge on any atom is 0.490 e. The van der Waals surface area contributed by atoms with Crippen LogP contribution in [0.25, 0.3) is 44.7 Å². The van der Waals surface area contributed by atoms with Gasteiger partial charge < -0.3 is 155 Å². The standard InChI is InChI=1S/C18H21N4O14P3.C17H25N4O14P3.C16H23N4O14P3.C12H17N4O14P3/c1-9-20-15-12(16(23)21-9)19-8-22(15)17-14-13(33-18(34-14)10-5-3-2-4-6-10)11(32-17)7-31-38(27,28)36-39(29,30)35-37(24,25)26;1-9-19-14-11(15(22)20-9)18-8-21(14)16-13-12(32-17(33-13)5-3-2-4-6-17)10(31-16)7-30-37(26,27)35-38(28,29)34-36(23,24)25;1-8-18-13-10(14(21)19-8)17-7-20(13)15-12-11(31-16(32-12)4-2-3-5-16)9(30-15)6-29-36(25,26)34-37(27,28)33-35(22,23)24;1-5-14-10-7(11(17)15-5)13-3-16(10)12-9-8(25-4-26-9)6(28-12)2-27-32(21,22)30-33(23,24)29-31(18,19)20/h2-6,8,11,13-14,17-18H,7H2,1H3,(H,27,28)(H,29,30)(H,20,21,23)(H2,24,25,26);8,10,12-13,16H,2-7H2,1H3,(H,26,27)(H,28,29)(H,19,20,22)(H2,23,24,25);7,9,11-12,15H,2-6H2,1H3,(H,25,26)(H,27,28)(H,18,19,21)(H2,22,23,24);3,6,8-9,12H,2,4H2,1H3,(H,21,22)(H,23,24)(H,14,15,17)(H2,18,19,20)/t11-,13?,14+,17-,18?;10-,12?,13+,16-;9-,11?,12+,15-;6-,8?,9+,12-/m1111/s1. The minimum absolute atomic E-state index is 0.0241. The Bertz CT molecular complexity index is 7340. The van der Waals surface area contributed by atoms with Crippen LogP contribution in [0.3, 0.4) is 0 Å². The maximum atomic E-state index is 12.3. The van der Waals surface area contributed by atoms with E-state index in [9.17, 15) is 113 Å². The van der Waals surface area contributed by atoms with E-state index in [1.165, 1.54) is 43.6 Å². The number of nitrogens with one attached hydrogen (secondary N) is 4. The molecule has 0 radical (unpaired) electrons. The van der Waals surface area contributed by atoms with Gasteiger partial charge in [-0.2, -0.15) is 34.5 Å². The zero-order valence-corrected chi connectivity index (χ0v) is 85.4. The van der Waals surface area contributed by atoms with Gasteiger partial charge in [-0.1, -0.05) is 36.8 Å². The fraction of sp³-hybridized carbons (Fsp3) is 0.587. The molecular weight excluding hydrogens is 2250 g/mol. The van der Waals surface area contributed by atoms with E-state index >= 15 is 0 Å². The molecule has 814 valence electrons. The number of aromatic nitrogens is 16. The Labute approximate surface area is 816 Å². The van der Waals surface area contributed by atoms with E-state index in [1.54, 1.807) is 58.0 Å². The highest BCUT2D eigenvalue weighted by Crippen LogP contribution is 2.71. The van der Waals surface area contributed by atoms with Crippen molar-refractivity contribution in [3.05, 3.63) is 126 Å². The number of aromatic amines is 4. The number of aryl methyl sites for hydroxylation is 4. The number of ether oxygens (including phenoxy) is 12. The molecule has 8 saturated heterocycles. The first-order chi connectivity index (χ1) is 68.3. The molecule has 2 spiro atoms. The van der Waals surface area contributed by atoms with E-state index in [4.69, 9.17) is 110 Å². The summed E-state index contributed by atoms with van der Waals surface area (Å²) < 4.78 is 265. The van der Waals surface area contributed by atoms with Crippen molar-refractivity contribution in [2.75, 3.05) is 33.2 Å². The number of phosphoric acid groups is 12. The smallest absolute Gasteiger partial charge is 0.347 e. The first-order valence-electron chi connectivity index (χ1n) is 42.1. The van der Waals surface area contributed by atoms with Crippen molar-refractivity contribution in [2.24, 2.45) is 0 Å². The number of imidazole rings is 4. The van der Waals surface area contributed by atoms with Crippen LogP contribution in [0.15, 0.2) is 74.8 Å². The van der Waals surface area contributed by atoms with Gasteiger partial charge in [-0.05, 0) is 53.4 Å². The zero-order chi connectivity index (χ0) is 107. The molecule has 10 aliphatic rings. The summed E-state index contributed by atoms with van der Waals surface area (Å²) in [6.07, 6.45) is -3.72. The lowest BCUT2D eigenvalue weighted by Gasteiger charge is -2.34. The molecule has 0 amide bonds. The largest absolute Gasteiger partial charge is 0.490 e. The Kier molecular flexibility index (Phi) is 33.0. The second-order valence-electron chi connectivity index (χ2n) is 33.0. The quantitative estimate of drug-likeness (QED) is 0.0263. The van der Waals surface area contributed by atoms with Gasteiger partial charge in [0, 0.05) is 31.2 Å². The summed E-state index contributed by atoms with van der Waals surface area (Å²) in [6, 6.07) is 8.82. The normalized spacial score (nSPS) is 29.6. The molecule has 25 atom stereocenters. The van der Waals surface area contributed by atoms with Gasteiger partial charge in [0.25, 0.3) is 22.2 Å². The highest BCUT2D eigenvalue weighted by molar-refractivity contribution is 7.68. The molecule has 19 rings (SSSR count). The van der Waals surface area contributed by atoms with Crippen LogP contribution in [0, 0.1) is 27.7 Å². The summed E-state index contributed by atoms with van der Waals surface area (Å²) in [5.74, 6) is -0.563. The van der Waals surface area contributed by atoms with Crippen molar-refractivity contribution < 1.29 is 242 Å². The molecule has 8 aliphatic heterocycles. The minimum atomic E-state index is -5.71. The van der Waals surface area contributed by atoms with Crippen molar-refractivity contribution in [1.82, 2.24) is 78.1 Å². The zero-order valence-electron chi connectivity index (χ0n) is 74.6. The van der Waals surface area contributed by atoms with Gasteiger partial charge in [-0.15, -0.1) is 0 Å². The van der Waals surface area contributed by atoms with Crippen molar-refractivity contribution in [3.8, 4) is 0 Å². The van der Waals surface area contributed by atoms with E-state index in [-0.39, 0.29) is 51.4 Å². The van der Waals surface area contributed by atoms with Gasteiger partial charge in [-0.3, -0.25) is 55.5 Å². The summed E-state index contributed by atoms with van der Waals surface area (Å²) >= 11 is 0. The Balaban J connectivity index is 0.000000140. The van der Waals surface area contributed by atoms with Crippen LogP contribution in [0.2, 0.25) is 0 Å². The first-order valence-corrected chi connectivity index (χ1v) is 60.2. The van der Waals surface area contributed by atoms with Crippen LogP contribution >= 0.6 is 93.9 Å². The fourth-order valence-electron chi connectivity index (χ4n) is 17.1. The molecule has 2 saturated carbocycles. The number of phosphoric ester groups is 4. The van der Waals surface area contributed by atoms with Crippen LogP contribution in [-0.4, -0.2) is 274 Å². The van der Waals surface area contributed by atoms with Crippen molar-refractivity contribution in [3.63, 3.8) is 0 Å². The van der Waals surface area contributed by atoms with Gasteiger partial charge in [0.15, 0.2) is 87.4 Å². The van der Waals surface area contributed by atoms with Crippen molar-refractivity contribution >= 4 is 139 Å². The second-order valence-corrected chi connectivity index (χ2v) is 50.6. The van der Waals surface area contributed by atoms with E-state index in [2.05, 4.69) is 98.8 Å². The van der Waals surface area contributed by atoms with E-state index in [0.717, 1.165) is 32.1 Å². The number of H-pyrrole nitrogens is 4. The average Bonchev–Trinajstić information content (AvgIpc) is 1.58. The summed E-state index contributed by atoms with van der Waals surface area (Å²) in [5.41, 5.74) is -0.301. The molecule has 1 aromatic carbocycles. The Morgan fingerprint density at radius 3 is 0.884 bits per heavy atom. The number of fused-ring (bicyclic) bond motifs is 8. The SMILES string of the molecule is Cc1nc2c(ncn2[C@@H]2O[C@H](COP(=O)(O)OP(=O)(O)OP(=O)(O)O)C3OC(c4ccccc4)O[C@@H]32)c(=O)[nH]1.Cc1nc2c(ncn2[C@@H]2O[C@H](COP(=O)(O)OP(=O)(O)OP(=O)(O)O)C3OC4(CCCC4)O[C@@H]32)c(=O)[nH]1.Cc1nc2c(ncn2[C@@H]2O[C@H](COP(=O)(O)OP(=O)(O)OP(=O)(O)O)C3OC4(CCCCC4)O[C@@H]32)c(=O)[nH]1.Cc1nc2c(ncn2[C@@H]2O[C@H](COP(=O)(O)OP(=O)(O)OP(=O)(O)O)C3OCO[C@@H]32)c(=O)[nH]1. The lowest BCUT2D eigenvalue weighted by molar-refractivity contribution is -0.232. The molecular formula is C63H86N16O56P12. The molecule has 20 N–H and O–H groups in total. The number of rotatable bonds is 33. The molecule has 72 nitrogen and oxygen atoms in total. The number of benzene rings is 1. The fourth-order valence-corrected chi connectivity index (χ4v) is 29.2.